The van der Waals surface area contributed by atoms with Gasteiger partial charge in [-0.2, -0.15) is 0 Å². The highest BCUT2D eigenvalue weighted by atomic mass is 79.9. The van der Waals surface area contributed by atoms with Gasteiger partial charge >= 0.3 is 0 Å². The number of amides is 1. The van der Waals surface area contributed by atoms with Crippen LogP contribution in [0.25, 0.3) is 0 Å². The van der Waals surface area contributed by atoms with Gasteiger partial charge in [0.25, 0.3) is 0 Å². The van der Waals surface area contributed by atoms with Gasteiger partial charge in [-0.15, -0.1) is 0 Å². The van der Waals surface area contributed by atoms with Crippen molar-refractivity contribution in [1.29, 1.82) is 0 Å². The fourth-order valence-corrected chi connectivity index (χ4v) is 2.36. The molecule has 6 heteroatoms. The van der Waals surface area contributed by atoms with Crippen molar-refractivity contribution in [3.8, 4) is 0 Å². The van der Waals surface area contributed by atoms with E-state index in [0.29, 0.717) is 0 Å². The van der Waals surface area contributed by atoms with Gasteiger partial charge in [-0.25, -0.2) is 8.78 Å². The number of carbonyl (C=O) groups excluding carboxylic acids is 1. The number of anilines is 1. The predicted molar refractivity (Wildman–Crippen MR) is 68.3 cm³/mol. The molecular formula is C12H13BrF2N2O. The number of benzene rings is 1. The number of rotatable bonds is 2. The molecule has 0 bridgehead atoms. The van der Waals surface area contributed by atoms with Crippen LogP contribution in [-0.2, 0) is 4.79 Å². The van der Waals surface area contributed by atoms with Crippen molar-refractivity contribution in [3.63, 3.8) is 0 Å². The molecule has 1 saturated heterocycles. The molecule has 1 aromatic rings. The maximum atomic E-state index is 13.5. The van der Waals surface area contributed by atoms with E-state index in [4.69, 9.17) is 0 Å². The molecule has 3 nitrogen and oxygen atoms in total. The van der Waals surface area contributed by atoms with E-state index >= 15 is 0 Å². The average molecular weight is 319 g/mol. The highest BCUT2D eigenvalue weighted by molar-refractivity contribution is 9.10. The predicted octanol–water partition coefficient (Wildman–Crippen LogP) is 2.66. The Morgan fingerprint density at radius 2 is 2.17 bits per heavy atom. The Bertz CT molecular complexity index is 481. The molecule has 1 aliphatic rings. The molecule has 0 spiro atoms. The molecule has 0 aromatic heterocycles. The molecule has 98 valence electrons. The molecule has 1 fully saturated rings. The fraction of sp³-hybridized carbons (Fsp3) is 0.417. The molecule has 2 atom stereocenters. The van der Waals surface area contributed by atoms with Crippen LogP contribution in [0.15, 0.2) is 16.6 Å². The quantitative estimate of drug-likeness (QED) is 0.823. The van der Waals surface area contributed by atoms with Crippen LogP contribution in [0.3, 0.4) is 0 Å². The zero-order chi connectivity index (χ0) is 13.3. The van der Waals surface area contributed by atoms with Crippen molar-refractivity contribution in [2.24, 2.45) is 5.92 Å². The normalized spacial score (nSPS) is 23.1. The van der Waals surface area contributed by atoms with E-state index in [1.807, 2.05) is 6.92 Å². The van der Waals surface area contributed by atoms with E-state index in [1.165, 1.54) is 6.07 Å². The summed E-state index contributed by atoms with van der Waals surface area (Å²) in [6.45, 7) is 2.73. The molecule has 1 aliphatic heterocycles. The Hall–Kier alpha value is -1.01. The van der Waals surface area contributed by atoms with E-state index in [9.17, 15) is 13.6 Å². The van der Waals surface area contributed by atoms with Gasteiger partial charge in [-0.1, -0.05) is 6.92 Å². The van der Waals surface area contributed by atoms with E-state index in [2.05, 4.69) is 26.6 Å². The Labute approximate surface area is 112 Å². The largest absolute Gasteiger partial charge is 0.322 e. The first kappa shape index (κ1) is 13.4. The van der Waals surface area contributed by atoms with Crippen LogP contribution in [-0.4, -0.2) is 18.5 Å². The van der Waals surface area contributed by atoms with Gasteiger partial charge in [0.2, 0.25) is 5.91 Å². The van der Waals surface area contributed by atoms with Crippen LogP contribution in [0.4, 0.5) is 14.5 Å². The zero-order valence-corrected chi connectivity index (χ0v) is 11.4. The third kappa shape index (κ3) is 2.70. The number of carbonyl (C=O) groups is 1. The summed E-state index contributed by atoms with van der Waals surface area (Å²) in [5, 5.41) is 5.53. The molecule has 0 radical (unpaired) electrons. The molecule has 2 N–H and O–H groups in total. The van der Waals surface area contributed by atoms with E-state index in [-0.39, 0.29) is 28.0 Å². The van der Waals surface area contributed by atoms with Gasteiger partial charge in [-0.05, 0) is 40.9 Å². The van der Waals surface area contributed by atoms with Gasteiger partial charge in [0, 0.05) is 6.07 Å². The minimum absolute atomic E-state index is 0.0193. The first-order valence-corrected chi connectivity index (χ1v) is 6.47. The SMILES string of the molecule is CC1CCNC1C(=O)Nc1cc(Br)c(F)cc1F. The van der Waals surface area contributed by atoms with Crippen LogP contribution < -0.4 is 10.6 Å². The maximum absolute atomic E-state index is 13.5. The minimum atomic E-state index is -0.783. The Morgan fingerprint density at radius 1 is 1.44 bits per heavy atom. The Kier molecular flexibility index (Phi) is 3.97. The summed E-state index contributed by atoms with van der Waals surface area (Å²) in [5.41, 5.74) is -0.0193. The Balaban J connectivity index is 2.14. The van der Waals surface area contributed by atoms with Crippen LogP contribution in [0.2, 0.25) is 0 Å². The summed E-state index contributed by atoms with van der Waals surface area (Å²) in [4.78, 5) is 11.9. The monoisotopic (exact) mass is 318 g/mol. The second kappa shape index (κ2) is 5.32. The number of hydrogen-bond acceptors (Lipinski definition) is 2. The summed E-state index contributed by atoms with van der Waals surface area (Å²) < 4.78 is 26.6. The summed E-state index contributed by atoms with van der Waals surface area (Å²) in [5.74, 6) is -1.57. The molecular weight excluding hydrogens is 306 g/mol. The smallest absolute Gasteiger partial charge is 0.241 e. The molecule has 0 aliphatic carbocycles. The van der Waals surface area contributed by atoms with Crippen LogP contribution >= 0.6 is 15.9 Å². The number of hydrogen-bond donors (Lipinski definition) is 2. The van der Waals surface area contributed by atoms with Crippen molar-refractivity contribution >= 4 is 27.5 Å². The van der Waals surface area contributed by atoms with Crippen molar-refractivity contribution in [3.05, 3.63) is 28.2 Å². The third-order valence-corrected chi connectivity index (χ3v) is 3.69. The molecule has 2 rings (SSSR count). The summed E-state index contributed by atoms with van der Waals surface area (Å²) in [6, 6.07) is 1.64. The van der Waals surface area contributed by atoms with E-state index in [1.54, 1.807) is 0 Å². The van der Waals surface area contributed by atoms with Crippen molar-refractivity contribution in [2.75, 3.05) is 11.9 Å². The molecule has 2 unspecified atom stereocenters. The summed E-state index contributed by atoms with van der Waals surface area (Å²) >= 11 is 2.96. The van der Waals surface area contributed by atoms with E-state index in [0.717, 1.165) is 19.0 Å². The van der Waals surface area contributed by atoms with Crippen LogP contribution in [0.1, 0.15) is 13.3 Å². The second-order valence-corrected chi connectivity index (χ2v) is 5.29. The molecule has 1 heterocycles. The first-order chi connectivity index (χ1) is 8.49. The standard InChI is InChI=1S/C12H13BrF2N2O/c1-6-2-3-16-11(6)12(18)17-10-4-7(13)8(14)5-9(10)15/h4-6,11,16H,2-3H2,1H3,(H,17,18). The second-order valence-electron chi connectivity index (χ2n) is 4.43. The third-order valence-electron chi connectivity index (χ3n) is 3.08. The molecule has 1 aromatic carbocycles. The van der Waals surface area contributed by atoms with Gasteiger partial charge < -0.3 is 10.6 Å². The van der Waals surface area contributed by atoms with Crippen LogP contribution in [0.5, 0.6) is 0 Å². The lowest BCUT2D eigenvalue weighted by Crippen LogP contribution is -2.39. The number of nitrogens with one attached hydrogen (secondary N) is 2. The van der Waals surface area contributed by atoms with Gasteiger partial charge in [-0.3, -0.25) is 4.79 Å². The Morgan fingerprint density at radius 3 is 2.78 bits per heavy atom. The highest BCUT2D eigenvalue weighted by Gasteiger charge is 2.29. The van der Waals surface area contributed by atoms with Crippen molar-refractivity contribution in [1.82, 2.24) is 5.32 Å². The average Bonchev–Trinajstić information content (AvgIpc) is 2.72. The summed E-state index contributed by atoms with van der Waals surface area (Å²) in [6.07, 6.45) is 0.910. The lowest BCUT2D eigenvalue weighted by molar-refractivity contribution is -0.118. The van der Waals surface area contributed by atoms with E-state index < -0.39 is 11.6 Å². The van der Waals surface area contributed by atoms with Crippen molar-refractivity contribution < 1.29 is 13.6 Å². The molecule has 0 saturated carbocycles. The molecule has 18 heavy (non-hydrogen) atoms. The van der Waals surface area contributed by atoms with Crippen LogP contribution in [0, 0.1) is 17.6 Å². The lowest BCUT2D eigenvalue weighted by atomic mass is 10.0. The van der Waals surface area contributed by atoms with Crippen molar-refractivity contribution in [2.45, 2.75) is 19.4 Å². The zero-order valence-electron chi connectivity index (χ0n) is 9.77. The maximum Gasteiger partial charge on any atom is 0.241 e. The lowest BCUT2D eigenvalue weighted by Gasteiger charge is -2.16. The van der Waals surface area contributed by atoms with Gasteiger partial charge in [0.15, 0.2) is 0 Å². The first-order valence-electron chi connectivity index (χ1n) is 5.68. The number of halogens is 3. The van der Waals surface area contributed by atoms with Gasteiger partial charge in [0.05, 0.1) is 16.2 Å². The van der Waals surface area contributed by atoms with Gasteiger partial charge in [0.1, 0.15) is 11.6 Å². The fourth-order valence-electron chi connectivity index (χ4n) is 2.01. The topological polar surface area (TPSA) is 41.1 Å². The minimum Gasteiger partial charge on any atom is -0.322 e. The highest BCUT2D eigenvalue weighted by Crippen LogP contribution is 2.24. The molecule has 1 amide bonds. The summed E-state index contributed by atoms with van der Waals surface area (Å²) in [7, 11) is 0.